The molecule has 0 amide bonds. The molecule has 0 unspecified atom stereocenters. The first-order valence-corrected chi connectivity index (χ1v) is 20.0. The Labute approximate surface area is 297 Å². The molecule has 0 saturated carbocycles. The predicted molar refractivity (Wildman–Crippen MR) is 207 cm³/mol. The number of aromatic nitrogens is 3. The van der Waals surface area contributed by atoms with Crippen LogP contribution < -0.4 is 4.74 Å². The minimum absolute atomic E-state index is 0.0822. The lowest BCUT2D eigenvalue weighted by molar-refractivity contribution is 0.0585. The molecule has 0 N–H and O–H groups in total. The summed E-state index contributed by atoms with van der Waals surface area (Å²) in [6, 6.07) is 12.2. The molecule has 4 rings (SSSR count). The first kappa shape index (κ1) is 41.8. The van der Waals surface area contributed by atoms with Crippen LogP contribution in [0.3, 0.4) is 0 Å². The zero-order chi connectivity index (χ0) is 36.6. The molecule has 0 atom stereocenters. The van der Waals surface area contributed by atoms with Crippen LogP contribution in [0.5, 0.6) is 5.75 Å². The van der Waals surface area contributed by atoms with E-state index in [1.165, 1.54) is 12.7 Å². The van der Waals surface area contributed by atoms with E-state index in [4.69, 9.17) is 18.4 Å². The van der Waals surface area contributed by atoms with Gasteiger partial charge in [0.05, 0.1) is 33.0 Å². The molecular formula is C40H61N3O5S. The number of benzene rings is 2. The number of rotatable bonds is 15. The lowest BCUT2D eigenvalue weighted by Gasteiger charge is -2.43. The summed E-state index contributed by atoms with van der Waals surface area (Å²) in [4.78, 5) is 22.2. The molecule has 0 aliphatic rings. The van der Waals surface area contributed by atoms with Crippen LogP contribution in [-0.2, 0) is 39.7 Å². The van der Waals surface area contributed by atoms with Crippen LogP contribution in [0.1, 0.15) is 95.4 Å². The molecule has 0 aliphatic carbocycles. The third kappa shape index (κ3) is 10.8. The van der Waals surface area contributed by atoms with Gasteiger partial charge in [0.25, 0.3) is 0 Å². The second-order valence-corrected chi connectivity index (χ2v) is 16.4. The molecule has 0 spiro atoms. The molecule has 2 aromatic heterocycles. The van der Waals surface area contributed by atoms with Crippen molar-refractivity contribution in [3.05, 3.63) is 77.5 Å². The van der Waals surface area contributed by atoms with E-state index in [-0.39, 0.29) is 10.7 Å². The summed E-state index contributed by atoms with van der Waals surface area (Å²) in [6.45, 7) is 19.1. The van der Waals surface area contributed by atoms with Gasteiger partial charge in [-0.05, 0) is 67.0 Å². The van der Waals surface area contributed by atoms with Gasteiger partial charge in [0, 0.05) is 46.8 Å². The molecule has 9 heteroatoms. The van der Waals surface area contributed by atoms with Gasteiger partial charge in [-0.25, -0.2) is 14.8 Å². The first-order chi connectivity index (χ1) is 23.5. The van der Waals surface area contributed by atoms with Gasteiger partial charge < -0.3 is 23.0 Å². The van der Waals surface area contributed by atoms with Gasteiger partial charge >= 0.3 is 5.97 Å². The number of ether oxygens (including phenoxy) is 3. The van der Waals surface area contributed by atoms with Crippen molar-refractivity contribution in [2.75, 3.05) is 39.9 Å². The van der Waals surface area contributed by atoms with Gasteiger partial charge in [-0.2, -0.15) is 0 Å². The highest BCUT2D eigenvalue weighted by Gasteiger charge is 2.29. The van der Waals surface area contributed by atoms with Gasteiger partial charge in [-0.15, -0.1) is 10.3 Å². The largest absolute Gasteiger partial charge is 0.497 e. The average Bonchev–Trinajstić information content (AvgIpc) is 3.43. The summed E-state index contributed by atoms with van der Waals surface area (Å²) in [6.07, 6.45) is 12.7. The van der Waals surface area contributed by atoms with Crippen LogP contribution in [-0.4, -0.2) is 65.2 Å². The Morgan fingerprint density at radius 1 is 0.898 bits per heavy atom. The summed E-state index contributed by atoms with van der Waals surface area (Å²) in [5, 5.41) is 1.05. The van der Waals surface area contributed by atoms with Crippen LogP contribution in [0, 0.1) is 0 Å². The minimum atomic E-state index is -1.24. The molecule has 0 saturated heterocycles. The number of esters is 1. The standard InChI is InChI=1S/C36H49N3O5S.2C2H6/c1-9-27-15-18-31-30(12-10-21-44-45(7,8)36(2,3)4)34(35(40)42-6)39(33(31)32(27)28-22-37-25-38-23-28)19-11-20-43-24-26-13-16-29(41-5)17-14-26;2*1-2/h13-18,22-23,25H,9-12,19-21,24H2,1-8H3;2*1-2H3. The van der Waals surface area contributed by atoms with Gasteiger partial charge in [0.1, 0.15) is 17.8 Å². The molecule has 4 aromatic rings. The van der Waals surface area contributed by atoms with E-state index in [1.54, 1.807) is 13.4 Å². The van der Waals surface area contributed by atoms with Crippen molar-refractivity contribution in [2.24, 2.45) is 0 Å². The Hall–Kier alpha value is -3.40. The highest BCUT2D eigenvalue weighted by atomic mass is 32.3. The molecule has 0 aliphatic heterocycles. The number of carbonyl (C=O) groups excluding carboxylic acids is 1. The van der Waals surface area contributed by atoms with Crippen molar-refractivity contribution in [1.29, 1.82) is 0 Å². The van der Waals surface area contributed by atoms with Gasteiger partial charge in [0.2, 0.25) is 0 Å². The summed E-state index contributed by atoms with van der Waals surface area (Å²) in [5.41, 5.74) is 6.83. The molecular weight excluding hydrogens is 635 g/mol. The zero-order valence-electron chi connectivity index (χ0n) is 32.1. The molecule has 2 heterocycles. The number of nitrogens with zero attached hydrogens (tertiary/aromatic N) is 3. The van der Waals surface area contributed by atoms with E-state index < -0.39 is 10.3 Å². The Morgan fingerprint density at radius 3 is 2.12 bits per heavy atom. The highest BCUT2D eigenvalue weighted by molar-refractivity contribution is 8.29. The average molecular weight is 696 g/mol. The highest BCUT2D eigenvalue weighted by Crippen LogP contribution is 2.53. The van der Waals surface area contributed by atoms with E-state index in [0.29, 0.717) is 38.5 Å². The van der Waals surface area contributed by atoms with E-state index >= 15 is 0 Å². The lowest BCUT2D eigenvalue weighted by atomic mass is 9.95. The fourth-order valence-corrected chi connectivity index (χ4v) is 6.23. The van der Waals surface area contributed by atoms with Crippen molar-refractivity contribution in [3.63, 3.8) is 0 Å². The van der Waals surface area contributed by atoms with Crippen LogP contribution in [0.2, 0.25) is 0 Å². The second kappa shape index (κ2) is 20.3. The van der Waals surface area contributed by atoms with Gasteiger partial charge in [0.15, 0.2) is 0 Å². The summed E-state index contributed by atoms with van der Waals surface area (Å²) in [7, 11) is 1.87. The fraction of sp³-hybridized carbons (Fsp3) is 0.525. The van der Waals surface area contributed by atoms with E-state index in [2.05, 4.69) is 66.9 Å². The van der Waals surface area contributed by atoms with Crippen molar-refractivity contribution < 1.29 is 23.2 Å². The van der Waals surface area contributed by atoms with Crippen molar-refractivity contribution in [3.8, 4) is 16.9 Å². The van der Waals surface area contributed by atoms with E-state index in [9.17, 15) is 4.79 Å². The van der Waals surface area contributed by atoms with Crippen LogP contribution in [0.15, 0.2) is 55.1 Å². The maximum atomic E-state index is 13.5. The second-order valence-electron chi connectivity index (χ2n) is 12.5. The number of methoxy groups -OCH3 is 2. The third-order valence-electron chi connectivity index (χ3n) is 8.55. The van der Waals surface area contributed by atoms with Gasteiger partial charge in [-0.3, -0.25) is 0 Å². The zero-order valence-corrected chi connectivity index (χ0v) is 33.0. The number of hydrogen-bond donors (Lipinski definition) is 0. The topological polar surface area (TPSA) is 84.7 Å². The number of aryl methyl sites for hydroxylation is 3. The Morgan fingerprint density at radius 2 is 1.55 bits per heavy atom. The van der Waals surface area contributed by atoms with Crippen LogP contribution in [0.25, 0.3) is 22.0 Å². The molecule has 2 aromatic carbocycles. The maximum Gasteiger partial charge on any atom is 0.354 e. The van der Waals surface area contributed by atoms with Crippen LogP contribution in [0.4, 0.5) is 0 Å². The van der Waals surface area contributed by atoms with Crippen molar-refractivity contribution in [2.45, 2.75) is 99.0 Å². The minimum Gasteiger partial charge on any atom is -0.497 e. The quantitative estimate of drug-likeness (QED) is 0.0904. The van der Waals surface area contributed by atoms with Crippen molar-refractivity contribution >= 4 is 27.2 Å². The monoisotopic (exact) mass is 695 g/mol. The SMILES string of the molecule is CC.CC.CCc1ccc2c(CCCOS(C)(C)C(C)(C)C)c(C(=O)OC)n(CCCOCc3ccc(OC)cc3)c2c1-c1cncnc1. The Balaban J connectivity index is 0.00000201. The van der Waals surface area contributed by atoms with Crippen molar-refractivity contribution in [1.82, 2.24) is 14.5 Å². The number of hydrogen-bond acceptors (Lipinski definition) is 7. The maximum absolute atomic E-state index is 13.5. The summed E-state index contributed by atoms with van der Waals surface area (Å²) < 4.78 is 25.4. The smallest absolute Gasteiger partial charge is 0.354 e. The molecule has 0 radical (unpaired) electrons. The molecule has 8 nitrogen and oxygen atoms in total. The molecule has 272 valence electrons. The number of fused-ring (bicyclic) bond motifs is 1. The first-order valence-electron chi connectivity index (χ1n) is 17.6. The Kier molecular flexibility index (Phi) is 17.3. The normalized spacial score (nSPS) is 11.7. The van der Waals surface area contributed by atoms with Crippen LogP contribution >= 0.6 is 10.3 Å². The lowest BCUT2D eigenvalue weighted by Crippen LogP contribution is -2.25. The predicted octanol–water partition coefficient (Wildman–Crippen LogP) is 9.84. The number of carbonyl (C=O) groups is 1. The molecule has 49 heavy (non-hydrogen) atoms. The third-order valence-corrected chi connectivity index (χ3v) is 12.3. The molecule has 0 bridgehead atoms. The Bertz CT molecular complexity index is 1560. The van der Waals surface area contributed by atoms with E-state index in [0.717, 1.165) is 58.2 Å². The van der Waals surface area contributed by atoms with Gasteiger partial charge in [-0.1, -0.05) is 79.7 Å². The fourth-order valence-electron chi connectivity index (χ4n) is 5.34. The molecule has 0 fully saturated rings. The van der Waals surface area contributed by atoms with E-state index in [1.807, 2.05) is 64.4 Å². The summed E-state index contributed by atoms with van der Waals surface area (Å²) in [5.74, 6) is 0.483. The summed E-state index contributed by atoms with van der Waals surface area (Å²) >= 11 is 0.